The third-order valence-corrected chi connectivity index (χ3v) is 13.2. The molecule has 0 aromatic heterocycles. The van der Waals surface area contributed by atoms with Crippen molar-refractivity contribution < 1.29 is 52.9 Å². The summed E-state index contributed by atoms with van der Waals surface area (Å²) in [6.45, 7) is 15.6. The zero-order chi connectivity index (χ0) is 40.4. The summed E-state index contributed by atoms with van der Waals surface area (Å²) in [7, 11) is 1.70. The lowest BCUT2D eigenvalue weighted by Gasteiger charge is -2.48. The molecule has 56 heavy (non-hydrogen) atoms. The van der Waals surface area contributed by atoms with Gasteiger partial charge in [0.05, 0.1) is 43.7 Å². The predicted octanol–water partition coefficient (Wildman–Crippen LogP) is 5.07. The number of aliphatic hydroxyl groups excluding tert-OH is 1. The molecule has 5 heterocycles. The van der Waals surface area contributed by atoms with Crippen molar-refractivity contribution in [1.82, 2.24) is 0 Å². The van der Waals surface area contributed by atoms with Crippen molar-refractivity contribution in [2.24, 2.45) is 35.3 Å². The van der Waals surface area contributed by atoms with Crippen LogP contribution in [0.15, 0.2) is 59.3 Å². The molecule has 1 aliphatic carbocycles. The Bertz CT molecular complexity index is 1530. The summed E-state index contributed by atoms with van der Waals surface area (Å²) < 4.78 is 50.7. The Balaban J connectivity index is 1.37. The van der Waals surface area contributed by atoms with Crippen LogP contribution in [0, 0.1) is 29.6 Å². The van der Waals surface area contributed by atoms with E-state index in [1.54, 1.807) is 20.1 Å². The van der Waals surface area contributed by atoms with Gasteiger partial charge in [-0.3, -0.25) is 4.79 Å². The minimum absolute atomic E-state index is 0.0163. The highest BCUT2D eigenvalue weighted by Gasteiger charge is 2.60. The van der Waals surface area contributed by atoms with Gasteiger partial charge in [0.1, 0.15) is 42.7 Å². The fourth-order valence-corrected chi connectivity index (χ4v) is 9.86. The first-order valence-electron chi connectivity index (χ1n) is 20.8. The molecule has 3 saturated heterocycles. The second-order valence-electron chi connectivity index (χ2n) is 17.1. The van der Waals surface area contributed by atoms with Crippen molar-refractivity contribution >= 4 is 5.97 Å². The third kappa shape index (κ3) is 8.85. The zero-order valence-electron chi connectivity index (χ0n) is 34.6. The maximum Gasteiger partial charge on any atom is 0.316 e. The van der Waals surface area contributed by atoms with E-state index in [9.17, 15) is 15.0 Å². The number of fused-ring (bicyclic) bond motifs is 2. The van der Waals surface area contributed by atoms with E-state index < -0.39 is 41.6 Å². The molecular formula is C44H67NO11. The number of rotatable bonds is 9. The average Bonchev–Trinajstić information content (AvgIpc) is 3.51. The van der Waals surface area contributed by atoms with Gasteiger partial charge in [-0.15, -0.1) is 0 Å². The van der Waals surface area contributed by atoms with Gasteiger partial charge in [0.2, 0.25) is 0 Å². The van der Waals surface area contributed by atoms with Crippen molar-refractivity contribution in [3.63, 3.8) is 0 Å². The molecule has 16 atom stereocenters. The molecule has 1 spiro atoms. The van der Waals surface area contributed by atoms with E-state index in [1.807, 2.05) is 25.2 Å². The van der Waals surface area contributed by atoms with Crippen LogP contribution in [0.4, 0.5) is 0 Å². The number of allylic oxidation sites excluding steroid dienone is 3. The highest BCUT2D eigenvalue weighted by Crippen LogP contribution is 2.47. The van der Waals surface area contributed by atoms with Gasteiger partial charge in [0.15, 0.2) is 5.79 Å². The number of nitrogens with two attached hydrogens (primary N) is 1. The van der Waals surface area contributed by atoms with Crippen LogP contribution >= 0.6 is 0 Å². The first-order chi connectivity index (χ1) is 26.7. The van der Waals surface area contributed by atoms with E-state index in [4.69, 9.17) is 43.6 Å². The van der Waals surface area contributed by atoms with Gasteiger partial charge in [-0.1, -0.05) is 76.1 Å². The molecule has 5 aliphatic heterocycles. The fourth-order valence-electron chi connectivity index (χ4n) is 9.86. The van der Waals surface area contributed by atoms with E-state index in [0.717, 1.165) is 12.0 Å². The van der Waals surface area contributed by atoms with Crippen molar-refractivity contribution in [2.45, 2.75) is 147 Å². The Morgan fingerprint density at radius 1 is 1.07 bits per heavy atom. The number of ether oxygens (including phenoxy) is 8. The van der Waals surface area contributed by atoms with E-state index in [-0.39, 0.29) is 73.7 Å². The van der Waals surface area contributed by atoms with Crippen molar-refractivity contribution in [3.8, 4) is 0 Å². The predicted molar refractivity (Wildman–Crippen MR) is 210 cm³/mol. The van der Waals surface area contributed by atoms with Crippen LogP contribution in [0.25, 0.3) is 0 Å². The normalized spacial score (nSPS) is 46.2. The number of hydrogen-bond acceptors (Lipinski definition) is 12. The molecule has 6 aliphatic rings. The zero-order valence-corrected chi connectivity index (χ0v) is 34.6. The first-order valence-corrected chi connectivity index (χ1v) is 20.8. The molecular weight excluding hydrogens is 718 g/mol. The summed E-state index contributed by atoms with van der Waals surface area (Å²) in [6.07, 6.45) is 12.7. The first kappa shape index (κ1) is 43.4. The monoisotopic (exact) mass is 785 g/mol. The van der Waals surface area contributed by atoms with Gasteiger partial charge in [-0.2, -0.15) is 0 Å². The van der Waals surface area contributed by atoms with Crippen LogP contribution in [0.5, 0.6) is 0 Å². The summed E-state index contributed by atoms with van der Waals surface area (Å²) >= 11 is 0. The Morgan fingerprint density at radius 2 is 1.86 bits per heavy atom. The molecule has 6 rings (SSSR count). The number of carbonyl (C=O) groups is 1. The van der Waals surface area contributed by atoms with Gasteiger partial charge in [0, 0.05) is 44.8 Å². The second kappa shape index (κ2) is 18.4. The van der Waals surface area contributed by atoms with Gasteiger partial charge >= 0.3 is 5.97 Å². The van der Waals surface area contributed by atoms with Crippen molar-refractivity contribution in [3.05, 3.63) is 59.3 Å². The van der Waals surface area contributed by atoms with Crippen LogP contribution in [0.3, 0.4) is 0 Å². The molecule has 12 nitrogen and oxygen atoms in total. The molecule has 314 valence electrons. The quantitative estimate of drug-likeness (QED) is 0.124. The van der Waals surface area contributed by atoms with Crippen LogP contribution in [0.1, 0.15) is 80.6 Å². The van der Waals surface area contributed by atoms with E-state index >= 15 is 0 Å². The topological polar surface area (TPSA) is 157 Å². The smallest absolute Gasteiger partial charge is 0.316 e. The largest absolute Gasteiger partial charge is 0.462 e. The Hall–Kier alpha value is -2.23. The Kier molecular flexibility index (Phi) is 14.2. The van der Waals surface area contributed by atoms with Crippen LogP contribution in [0.2, 0.25) is 0 Å². The minimum atomic E-state index is -1.80. The summed E-state index contributed by atoms with van der Waals surface area (Å²) in [4.78, 5) is 14.3. The minimum Gasteiger partial charge on any atom is -0.462 e. The third-order valence-electron chi connectivity index (χ3n) is 13.2. The molecule has 4 N–H and O–H groups in total. The molecule has 0 aromatic rings. The molecule has 3 unspecified atom stereocenters. The van der Waals surface area contributed by atoms with E-state index in [0.29, 0.717) is 50.0 Å². The number of methoxy groups -OCH3 is 1. The maximum absolute atomic E-state index is 14.3. The average molecular weight is 786 g/mol. The second-order valence-corrected chi connectivity index (χ2v) is 17.1. The van der Waals surface area contributed by atoms with Crippen LogP contribution in [-0.2, 0) is 42.7 Å². The summed E-state index contributed by atoms with van der Waals surface area (Å²) in [6, 6.07) is 0. The summed E-state index contributed by atoms with van der Waals surface area (Å²) in [5, 5.41) is 23.7. The maximum atomic E-state index is 14.3. The lowest BCUT2D eigenvalue weighted by atomic mass is 9.71. The lowest BCUT2D eigenvalue weighted by molar-refractivity contribution is -0.300. The highest BCUT2D eigenvalue weighted by atomic mass is 16.7. The molecule has 2 bridgehead atoms. The number of aliphatic hydroxyl groups is 2. The van der Waals surface area contributed by atoms with Gasteiger partial charge in [0.25, 0.3) is 0 Å². The Labute approximate surface area is 333 Å². The highest BCUT2D eigenvalue weighted by molar-refractivity contribution is 5.78. The SMILES string of the molecule is CCC(C)[C@H]1O[C@]2(C=C[C@@H]1C)C[C@@H]1C[C@@H](C/C=C(\C)[C@@H](C3C[C@H](OC)[C@@H](OCOCCN)[C@H](C)O3)[C@@H](C)/C=C/C=C3\CO[C@@H]4[C@H](O)C(C)=C[C@@H](C(=O)O1)C34O)O2. The van der Waals surface area contributed by atoms with Crippen molar-refractivity contribution in [2.75, 3.05) is 33.7 Å². The van der Waals surface area contributed by atoms with Crippen LogP contribution in [-0.4, -0.2) is 116 Å². The number of hydrogen-bond donors (Lipinski definition) is 3. The molecule has 0 aromatic carbocycles. The Morgan fingerprint density at radius 3 is 2.59 bits per heavy atom. The van der Waals surface area contributed by atoms with Gasteiger partial charge in [-0.05, 0) is 56.3 Å². The van der Waals surface area contributed by atoms with Crippen LogP contribution < -0.4 is 5.73 Å². The standard InChI is InChI=1S/C44H67NO11/c1-9-25(2)39-28(5)15-16-43(56-39)22-33-20-32(55-43)14-13-27(4)37(35-21-36(49-8)40(30(7)53-35)52-24-50-18-17-45)26(3)11-10-12-31-23-51-41-38(46)29(6)19-34(42(47)54-33)44(31,41)48/h10-13,15-16,19,25-26,28,30,32-41,46,48H,9,14,17-18,20-24,45H2,1-8H3/b11-10+,27-13+,31-12+/t25?,26-,28-,30-,32+,33-,34-,35?,36-,37-,38+,39+,40-,41+,43+,44?/m0/s1. The molecule has 0 saturated carbocycles. The molecule has 3 fully saturated rings. The summed E-state index contributed by atoms with van der Waals surface area (Å²) in [5.41, 5.74) is 6.01. The van der Waals surface area contributed by atoms with E-state index in [2.05, 4.69) is 52.8 Å². The molecule has 0 radical (unpaired) electrons. The van der Waals surface area contributed by atoms with Gasteiger partial charge < -0.3 is 53.8 Å². The number of esters is 1. The van der Waals surface area contributed by atoms with E-state index in [1.165, 1.54) is 0 Å². The number of carbonyl (C=O) groups excluding carboxylic acids is 1. The summed E-state index contributed by atoms with van der Waals surface area (Å²) in [5.74, 6) is -2.30. The van der Waals surface area contributed by atoms with Crippen molar-refractivity contribution in [1.29, 1.82) is 0 Å². The molecule has 12 heteroatoms. The lowest BCUT2D eigenvalue weighted by Crippen LogP contribution is -2.58. The fraction of sp³-hybridized carbons (Fsp3) is 0.750. The van der Waals surface area contributed by atoms with Gasteiger partial charge in [-0.25, -0.2) is 0 Å². The molecule has 0 amide bonds.